The Kier molecular flexibility index (Phi) is 3.56. The van der Waals surface area contributed by atoms with Crippen LogP contribution < -0.4 is 11.1 Å². The van der Waals surface area contributed by atoms with Crippen LogP contribution in [-0.2, 0) is 16.6 Å². The average molecular weight is 324 g/mol. The molecule has 2 aromatic carbocycles. The first-order valence-corrected chi connectivity index (χ1v) is 8.54. The van der Waals surface area contributed by atoms with Crippen molar-refractivity contribution in [3.63, 3.8) is 0 Å². The van der Waals surface area contributed by atoms with E-state index in [-0.39, 0.29) is 17.8 Å². The molecule has 2 aliphatic rings. The van der Waals surface area contributed by atoms with Crippen molar-refractivity contribution in [1.29, 1.82) is 0 Å². The third kappa shape index (κ3) is 2.56. The van der Waals surface area contributed by atoms with Crippen LogP contribution >= 0.6 is 0 Å². The fourth-order valence-electron chi connectivity index (χ4n) is 3.82. The van der Waals surface area contributed by atoms with Gasteiger partial charge < -0.3 is 11.1 Å². The molecule has 2 aromatic rings. The monoisotopic (exact) mass is 324 g/mol. The molecule has 2 aliphatic carbocycles. The molecule has 1 atom stereocenters. The first-order valence-electron chi connectivity index (χ1n) is 8.54. The minimum Gasteiger partial charge on any atom is -0.399 e. The Labute approximate surface area is 141 Å². The number of rotatable bonds is 3. The first kappa shape index (κ1) is 15.2. The lowest BCUT2D eigenvalue weighted by Gasteiger charge is -2.28. The molecule has 1 unspecified atom stereocenters. The molecule has 0 heterocycles. The summed E-state index contributed by atoms with van der Waals surface area (Å²) in [6.07, 6.45) is 4.65. The second kappa shape index (κ2) is 5.62. The summed E-state index contributed by atoms with van der Waals surface area (Å²) < 4.78 is 13.2. The van der Waals surface area contributed by atoms with E-state index in [0.29, 0.717) is 0 Å². The summed E-state index contributed by atoms with van der Waals surface area (Å²) in [7, 11) is 0. The molecule has 0 aliphatic heterocycles. The van der Waals surface area contributed by atoms with Gasteiger partial charge >= 0.3 is 0 Å². The Morgan fingerprint density at radius 2 is 1.92 bits per heavy atom. The maximum Gasteiger partial charge on any atom is 0.231 e. The maximum absolute atomic E-state index is 13.2. The predicted octanol–water partition coefficient (Wildman–Crippen LogP) is 3.63. The van der Waals surface area contributed by atoms with Crippen LogP contribution in [0, 0.1) is 5.82 Å². The number of nitrogens with two attached hydrogens (primary N) is 1. The smallest absolute Gasteiger partial charge is 0.231 e. The topological polar surface area (TPSA) is 55.1 Å². The highest BCUT2D eigenvalue weighted by Crippen LogP contribution is 2.49. The first-order chi connectivity index (χ1) is 11.6. The fraction of sp³-hybridized carbons (Fsp3) is 0.350. The summed E-state index contributed by atoms with van der Waals surface area (Å²) in [5, 5.41) is 3.24. The predicted molar refractivity (Wildman–Crippen MR) is 92.0 cm³/mol. The molecule has 0 aromatic heterocycles. The van der Waals surface area contributed by atoms with Gasteiger partial charge in [0.2, 0.25) is 5.91 Å². The normalized spacial score (nSPS) is 21.0. The molecule has 4 rings (SSSR count). The lowest BCUT2D eigenvalue weighted by Crippen LogP contribution is -2.38. The van der Waals surface area contributed by atoms with E-state index in [0.717, 1.165) is 43.4 Å². The molecule has 0 saturated heterocycles. The highest BCUT2D eigenvalue weighted by Gasteiger charge is 2.51. The van der Waals surface area contributed by atoms with Crippen LogP contribution in [-0.4, -0.2) is 5.91 Å². The van der Waals surface area contributed by atoms with Crippen molar-refractivity contribution in [2.75, 3.05) is 5.73 Å². The van der Waals surface area contributed by atoms with Crippen LogP contribution in [0.1, 0.15) is 48.4 Å². The number of fused-ring (bicyclic) bond motifs is 1. The molecular formula is C20H21FN2O. The van der Waals surface area contributed by atoms with Crippen LogP contribution in [0.15, 0.2) is 42.5 Å². The van der Waals surface area contributed by atoms with Crippen molar-refractivity contribution in [2.45, 2.75) is 43.6 Å². The van der Waals surface area contributed by atoms with Crippen LogP contribution in [0.3, 0.4) is 0 Å². The molecule has 1 amide bonds. The summed E-state index contributed by atoms with van der Waals surface area (Å²) in [6.45, 7) is 0. The van der Waals surface area contributed by atoms with E-state index >= 15 is 0 Å². The number of carbonyl (C=O) groups excluding carboxylic acids is 1. The van der Waals surface area contributed by atoms with Crippen LogP contribution in [0.5, 0.6) is 0 Å². The van der Waals surface area contributed by atoms with Crippen LogP contribution in [0.2, 0.25) is 0 Å². The fourth-order valence-corrected chi connectivity index (χ4v) is 3.82. The van der Waals surface area contributed by atoms with Gasteiger partial charge in [0.25, 0.3) is 0 Å². The molecule has 3 nitrogen and oxygen atoms in total. The Morgan fingerprint density at radius 1 is 1.17 bits per heavy atom. The van der Waals surface area contributed by atoms with Gasteiger partial charge in [-0.1, -0.05) is 18.2 Å². The van der Waals surface area contributed by atoms with Crippen molar-refractivity contribution < 1.29 is 9.18 Å². The van der Waals surface area contributed by atoms with Crippen molar-refractivity contribution in [3.05, 3.63) is 65.0 Å². The van der Waals surface area contributed by atoms with Gasteiger partial charge in [0.1, 0.15) is 5.82 Å². The van der Waals surface area contributed by atoms with Gasteiger partial charge in [-0.2, -0.15) is 0 Å². The zero-order valence-corrected chi connectivity index (χ0v) is 13.5. The highest BCUT2D eigenvalue weighted by atomic mass is 19.1. The number of nitrogens with one attached hydrogen (secondary N) is 1. The summed E-state index contributed by atoms with van der Waals surface area (Å²) in [6, 6.07) is 12.3. The van der Waals surface area contributed by atoms with Crippen LogP contribution in [0.4, 0.5) is 10.1 Å². The van der Waals surface area contributed by atoms with Crippen molar-refractivity contribution in [1.82, 2.24) is 5.32 Å². The van der Waals surface area contributed by atoms with Crippen molar-refractivity contribution in [3.8, 4) is 0 Å². The van der Waals surface area contributed by atoms with E-state index in [1.165, 1.54) is 23.3 Å². The lowest BCUT2D eigenvalue weighted by atomic mass is 9.86. The van der Waals surface area contributed by atoms with Crippen LogP contribution in [0.25, 0.3) is 0 Å². The Bertz CT molecular complexity index is 781. The number of hydrogen-bond acceptors (Lipinski definition) is 2. The van der Waals surface area contributed by atoms with Gasteiger partial charge in [0.05, 0.1) is 11.5 Å². The Morgan fingerprint density at radius 3 is 2.62 bits per heavy atom. The SMILES string of the molecule is Nc1ccc2c(c1)CCCC2NC(=O)C1(c2ccc(F)cc2)CC1. The Balaban J connectivity index is 1.56. The quantitative estimate of drug-likeness (QED) is 0.847. The van der Waals surface area contributed by atoms with Gasteiger partial charge in [-0.3, -0.25) is 4.79 Å². The van der Waals surface area contributed by atoms with E-state index in [4.69, 9.17) is 5.73 Å². The zero-order valence-electron chi connectivity index (χ0n) is 13.5. The van der Waals surface area contributed by atoms with Gasteiger partial charge in [0, 0.05) is 5.69 Å². The summed E-state index contributed by atoms with van der Waals surface area (Å²) >= 11 is 0. The second-order valence-corrected chi connectivity index (χ2v) is 6.97. The number of hydrogen-bond donors (Lipinski definition) is 2. The average Bonchev–Trinajstić information content (AvgIpc) is 3.37. The number of carbonyl (C=O) groups is 1. The lowest BCUT2D eigenvalue weighted by molar-refractivity contribution is -0.124. The number of benzene rings is 2. The van der Waals surface area contributed by atoms with E-state index in [9.17, 15) is 9.18 Å². The third-order valence-electron chi connectivity index (χ3n) is 5.37. The molecule has 1 saturated carbocycles. The molecule has 0 bridgehead atoms. The summed E-state index contributed by atoms with van der Waals surface area (Å²) in [5.74, 6) is -0.211. The Hall–Kier alpha value is -2.36. The van der Waals surface area contributed by atoms with Gasteiger partial charge in [-0.15, -0.1) is 0 Å². The number of aryl methyl sites for hydroxylation is 1. The van der Waals surface area contributed by atoms with E-state index in [2.05, 4.69) is 5.32 Å². The van der Waals surface area contributed by atoms with Gasteiger partial charge in [0.15, 0.2) is 0 Å². The standard InChI is InChI=1S/C20H21FN2O/c21-15-6-4-14(5-7-15)20(10-11-20)19(24)23-18-3-1-2-13-12-16(22)8-9-17(13)18/h4-9,12,18H,1-3,10-11,22H2,(H,23,24). The largest absolute Gasteiger partial charge is 0.399 e. The number of amides is 1. The minimum atomic E-state index is -0.473. The maximum atomic E-state index is 13.2. The molecule has 24 heavy (non-hydrogen) atoms. The number of anilines is 1. The molecular weight excluding hydrogens is 303 g/mol. The summed E-state index contributed by atoms with van der Waals surface area (Å²) in [4.78, 5) is 12.9. The molecule has 124 valence electrons. The molecule has 3 N–H and O–H groups in total. The van der Waals surface area contributed by atoms with E-state index < -0.39 is 5.41 Å². The second-order valence-electron chi connectivity index (χ2n) is 6.97. The highest BCUT2D eigenvalue weighted by molar-refractivity contribution is 5.91. The molecule has 4 heteroatoms. The minimum absolute atomic E-state index is 0.0415. The third-order valence-corrected chi connectivity index (χ3v) is 5.37. The number of nitrogen functional groups attached to an aromatic ring is 1. The zero-order chi connectivity index (χ0) is 16.7. The van der Waals surface area contributed by atoms with Crippen molar-refractivity contribution >= 4 is 11.6 Å². The van der Waals surface area contributed by atoms with Gasteiger partial charge in [-0.05, 0) is 73.1 Å². The molecule has 0 radical (unpaired) electrons. The van der Waals surface area contributed by atoms with E-state index in [1.54, 1.807) is 12.1 Å². The van der Waals surface area contributed by atoms with Gasteiger partial charge in [-0.25, -0.2) is 4.39 Å². The summed E-state index contributed by atoms with van der Waals surface area (Å²) in [5.41, 5.74) is 9.50. The van der Waals surface area contributed by atoms with Crippen molar-refractivity contribution in [2.24, 2.45) is 0 Å². The molecule has 0 spiro atoms. The number of halogens is 1. The van der Waals surface area contributed by atoms with E-state index in [1.807, 2.05) is 18.2 Å². The molecule has 1 fully saturated rings.